The molecule has 126 valence electrons. The number of methoxy groups -OCH3 is 1. The second-order valence-electron chi connectivity index (χ2n) is 5.15. The summed E-state index contributed by atoms with van der Waals surface area (Å²) in [5.41, 5.74) is 1.01. The highest BCUT2D eigenvalue weighted by Gasteiger charge is 2.20. The van der Waals surface area contributed by atoms with Crippen LogP contribution in [0.25, 0.3) is 0 Å². The first-order chi connectivity index (χ1) is 11.5. The van der Waals surface area contributed by atoms with Gasteiger partial charge in [0.25, 0.3) is 11.6 Å². The zero-order valence-corrected chi connectivity index (χ0v) is 14.5. The minimum Gasteiger partial charge on any atom is -0.496 e. The number of benzene rings is 2. The molecule has 0 spiro atoms. The summed E-state index contributed by atoms with van der Waals surface area (Å²) in [6, 6.07) is 11.9. The average Bonchev–Trinajstić information content (AvgIpc) is 2.61. The van der Waals surface area contributed by atoms with Crippen LogP contribution in [0.2, 0.25) is 0 Å². The van der Waals surface area contributed by atoms with Crippen molar-refractivity contribution in [2.24, 2.45) is 0 Å². The molecule has 0 bridgehead atoms. The smallest absolute Gasteiger partial charge is 0.270 e. The largest absolute Gasteiger partial charge is 0.496 e. The molecular weight excluding hydrogens is 328 g/mol. The van der Waals surface area contributed by atoms with E-state index < -0.39 is 4.92 Å². The van der Waals surface area contributed by atoms with Crippen LogP contribution in [-0.4, -0.2) is 36.1 Å². The summed E-state index contributed by atoms with van der Waals surface area (Å²) in [5, 5.41) is 10.9. The van der Waals surface area contributed by atoms with Crippen molar-refractivity contribution in [2.75, 3.05) is 20.4 Å². The predicted molar refractivity (Wildman–Crippen MR) is 93.7 cm³/mol. The molecule has 0 fully saturated rings. The van der Waals surface area contributed by atoms with Gasteiger partial charge in [0.1, 0.15) is 5.75 Å². The maximum atomic E-state index is 12.6. The molecule has 0 saturated carbocycles. The fraction of sp³-hybridized carbons (Fsp3) is 0.235. The van der Waals surface area contributed by atoms with Crippen LogP contribution in [0.3, 0.4) is 0 Å². The number of nitrogens with zero attached hydrogens (tertiary/aromatic N) is 2. The molecule has 0 aliphatic heterocycles. The molecule has 24 heavy (non-hydrogen) atoms. The van der Waals surface area contributed by atoms with Crippen LogP contribution in [0.5, 0.6) is 5.75 Å². The summed E-state index contributed by atoms with van der Waals surface area (Å²) < 4.78 is 5.16. The van der Waals surface area contributed by atoms with Gasteiger partial charge in [-0.05, 0) is 30.0 Å². The van der Waals surface area contributed by atoms with Gasteiger partial charge in [0.15, 0.2) is 0 Å². The maximum Gasteiger partial charge on any atom is 0.270 e. The van der Waals surface area contributed by atoms with Gasteiger partial charge in [-0.1, -0.05) is 12.1 Å². The van der Waals surface area contributed by atoms with Crippen LogP contribution in [0.4, 0.5) is 5.69 Å². The molecule has 2 rings (SSSR count). The number of carbonyl (C=O) groups is 1. The van der Waals surface area contributed by atoms with Gasteiger partial charge in [0.2, 0.25) is 0 Å². The van der Waals surface area contributed by atoms with Gasteiger partial charge in [0.05, 0.1) is 17.6 Å². The molecule has 0 heterocycles. The summed E-state index contributed by atoms with van der Waals surface area (Å²) in [5.74, 6) is -0.0142. The van der Waals surface area contributed by atoms with Crippen molar-refractivity contribution in [3.63, 3.8) is 0 Å². The number of nitro groups is 1. The lowest BCUT2D eigenvalue weighted by molar-refractivity contribution is -0.384. The van der Waals surface area contributed by atoms with Gasteiger partial charge in [-0.2, -0.15) is 0 Å². The Bertz CT molecular complexity index is 747. The van der Waals surface area contributed by atoms with Crippen molar-refractivity contribution in [1.82, 2.24) is 4.90 Å². The Morgan fingerprint density at radius 2 is 1.92 bits per heavy atom. The lowest BCUT2D eigenvalue weighted by atomic mass is 10.1. The van der Waals surface area contributed by atoms with Gasteiger partial charge in [-0.25, -0.2) is 0 Å². The van der Waals surface area contributed by atoms with E-state index >= 15 is 0 Å². The fourth-order valence-electron chi connectivity index (χ4n) is 2.26. The van der Waals surface area contributed by atoms with E-state index in [1.165, 1.54) is 30.2 Å². The predicted octanol–water partition coefficient (Wildman–Crippen LogP) is 3.60. The SMILES string of the molecule is COc1ccc([N+](=O)[O-])cc1C(=O)N(C)Cc1ccc(SC)cc1. The van der Waals surface area contributed by atoms with Crippen molar-refractivity contribution < 1.29 is 14.5 Å². The Balaban J connectivity index is 2.22. The molecule has 1 amide bonds. The summed E-state index contributed by atoms with van der Waals surface area (Å²) >= 11 is 1.65. The van der Waals surface area contributed by atoms with E-state index in [1.54, 1.807) is 18.8 Å². The van der Waals surface area contributed by atoms with E-state index in [0.29, 0.717) is 12.3 Å². The minimum atomic E-state index is -0.530. The highest BCUT2D eigenvalue weighted by Crippen LogP contribution is 2.25. The Morgan fingerprint density at radius 1 is 1.25 bits per heavy atom. The van der Waals surface area contributed by atoms with E-state index in [2.05, 4.69) is 0 Å². The van der Waals surface area contributed by atoms with Crippen molar-refractivity contribution in [3.05, 3.63) is 63.7 Å². The summed E-state index contributed by atoms with van der Waals surface area (Å²) in [7, 11) is 3.09. The van der Waals surface area contributed by atoms with Gasteiger partial charge >= 0.3 is 0 Å². The van der Waals surface area contributed by atoms with Crippen molar-refractivity contribution in [3.8, 4) is 5.75 Å². The Hall–Kier alpha value is -2.54. The molecule has 2 aromatic rings. The lowest BCUT2D eigenvalue weighted by Crippen LogP contribution is -2.26. The molecule has 2 aromatic carbocycles. The molecule has 0 aliphatic rings. The third-order valence-corrected chi connectivity index (χ3v) is 4.29. The number of thioether (sulfide) groups is 1. The number of nitro benzene ring substituents is 1. The molecule has 7 heteroatoms. The van der Waals surface area contributed by atoms with Gasteiger partial charge in [-0.3, -0.25) is 14.9 Å². The third-order valence-electron chi connectivity index (χ3n) is 3.55. The van der Waals surface area contributed by atoms with Gasteiger partial charge in [0, 0.05) is 30.6 Å². The summed E-state index contributed by atoms with van der Waals surface area (Å²) in [6.07, 6.45) is 2.00. The quantitative estimate of drug-likeness (QED) is 0.454. The lowest BCUT2D eigenvalue weighted by Gasteiger charge is -2.19. The molecule has 0 aromatic heterocycles. The molecule has 0 unspecified atom stereocenters. The number of non-ortho nitro benzene ring substituents is 1. The van der Waals surface area contributed by atoms with Crippen LogP contribution < -0.4 is 4.74 Å². The normalized spacial score (nSPS) is 10.3. The number of rotatable bonds is 6. The van der Waals surface area contributed by atoms with E-state index in [1.807, 2.05) is 30.5 Å². The first-order valence-electron chi connectivity index (χ1n) is 7.17. The second-order valence-corrected chi connectivity index (χ2v) is 6.03. The third kappa shape index (κ3) is 4.05. The molecule has 0 radical (unpaired) electrons. The van der Waals surface area contributed by atoms with Crippen molar-refractivity contribution >= 4 is 23.4 Å². The standard InChI is InChI=1S/C17H18N2O4S/c1-18(11-12-4-7-14(24-3)8-5-12)17(20)15-10-13(19(21)22)6-9-16(15)23-2/h4-10H,11H2,1-3H3. The molecular formula is C17H18N2O4S. The number of carbonyl (C=O) groups excluding carboxylic acids is 1. The molecule has 0 saturated heterocycles. The monoisotopic (exact) mass is 346 g/mol. The Labute approximate surface area is 144 Å². The fourth-order valence-corrected chi connectivity index (χ4v) is 2.67. The first-order valence-corrected chi connectivity index (χ1v) is 8.39. The second kappa shape index (κ2) is 7.83. The van der Waals surface area contributed by atoms with Crippen LogP contribution in [0.1, 0.15) is 15.9 Å². The zero-order chi connectivity index (χ0) is 17.7. The van der Waals surface area contributed by atoms with Crippen molar-refractivity contribution in [2.45, 2.75) is 11.4 Å². The number of hydrogen-bond acceptors (Lipinski definition) is 5. The Morgan fingerprint density at radius 3 is 2.46 bits per heavy atom. The van der Waals surface area contributed by atoms with Crippen LogP contribution in [0.15, 0.2) is 47.4 Å². The zero-order valence-electron chi connectivity index (χ0n) is 13.7. The summed E-state index contributed by atoms with van der Waals surface area (Å²) in [6.45, 7) is 0.402. The molecule has 6 nitrogen and oxygen atoms in total. The number of amides is 1. The van der Waals surface area contributed by atoms with Gasteiger partial charge in [-0.15, -0.1) is 11.8 Å². The Kier molecular flexibility index (Phi) is 5.81. The minimum absolute atomic E-state index is 0.142. The topological polar surface area (TPSA) is 72.7 Å². The maximum absolute atomic E-state index is 12.6. The van der Waals surface area contributed by atoms with Crippen molar-refractivity contribution in [1.29, 1.82) is 0 Å². The number of hydrogen-bond donors (Lipinski definition) is 0. The summed E-state index contributed by atoms with van der Waals surface area (Å²) in [4.78, 5) is 25.7. The molecule has 0 N–H and O–H groups in total. The number of ether oxygens (including phenoxy) is 1. The van der Waals surface area contributed by atoms with Crippen LogP contribution in [0, 0.1) is 10.1 Å². The van der Waals surface area contributed by atoms with E-state index in [0.717, 1.165) is 10.5 Å². The van der Waals surface area contributed by atoms with Crippen LogP contribution >= 0.6 is 11.8 Å². The van der Waals surface area contributed by atoms with Gasteiger partial charge < -0.3 is 9.64 Å². The van der Waals surface area contributed by atoms with E-state index in [9.17, 15) is 14.9 Å². The first kappa shape index (κ1) is 17.8. The highest BCUT2D eigenvalue weighted by molar-refractivity contribution is 7.98. The molecule has 0 aliphatic carbocycles. The highest BCUT2D eigenvalue weighted by atomic mass is 32.2. The molecule has 0 atom stereocenters. The van der Waals surface area contributed by atoms with E-state index in [-0.39, 0.29) is 17.2 Å². The van der Waals surface area contributed by atoms with Crippen LogP contribution in [-0.2, 0) is 6.54 Å². The van der Waals surface area contributed by atoms with E-state index in [4.69, 9.17) is 4.74 Å². The average molecular weight is 346 g/mol.